The van der Waals surface area contributed by atoms with Crippen LogP contribution in [0.25, 0.3) is 17.0 Å². The van der Waals surface area contributed by atoms with Gasteiger partial charge in [-0.3, -0.25) is 4.57 Å². The molecule has 0 bridgehead atoms. The summed E-state index contributed by atoms with van der Waals surface area (Å²) in [7, 11) is 0. The van der Waals surface area contributed by atoms with E-state index in [1.165, 1.54) is 17.2 Å². The van der Waals surface area contributed by atoms with Crippen LogP contribution in [0.5, 0.6) is 0 Å². The molecule has 0 radical (unpaired) electrons. The number of H-pyrrole nitrogens is 1. The molecule has 9 nitrogen and oxygen atoms in total. The van der Waals surface area contributed by atoms with E-state index in [0.717, 1.165) is 0 Å². The molecule has 19 heavy (non-hydrogen) atoms. The zero-order valence-electron chi connectivity index (χ0n) is 9.36. The molecule has 0 saturated carbocycles. The number of aromatic nitrogens is 6. The second-order valence-electron chi connectivity index (χ2n) is 3.54. The monoisotopic (exact) mass is 251 g/mol. The molecule has 3 rings (SSSR count). The molecule has 0 atom stereocenters. The second kappa shape index (κ2) is 3.78. The molecule has 0 fully saturated rings. The smallest absolute Gasteiger partial charge is 0.224 e. The van der Waals surface area contributed by atoms with Crippen molar-refractivity contribution < 1.29 is 0 Å². The summed E-state index contributed by atoms with van der Waals surface area (Å²) in [6, 6.07) is 3.75. The van der Waals surface area contributed by atoms with Crippen LogP contribution >= 0.6 is 0 Å². The number of hydrogen-bond acceptors (Lipinski definition) is 7. The molecule has 0 aliphatic carbocycles. The van der Waals surface area contributed by atoms with Crippen LogP contribution in [0.15, 0.2) is 12.7 Å². The maximum atomic E-state index is 9.11. The lowest BCUT2D eigenvalue weighted by atomic mass is 10.3. The van der Waals surface area contributed by atoms with Crippen LogP contribution in [-0.2, 0) is 0 Å². The molecule has 90 valence electrons. The zero-order chi connectivity index (χ0) is 13.4. The fourth-order valence-electron chi connectivity index (χ4n) is 1.71. The Morgan fingerprint density at radius 2 is 2.05 bits per heavy atom. The third-order valence-electron chi connectivity index (χ3n) is 2.49. The lowest BCUT2D eigenvalue weighted by molar-refractivity contribution is 0.977. The summed E-state index contributed by atoms with van der Waals surface area (Å²) < 4.78 is 1.37. The van der Waals surface area contributed by atoms with Crippen LogP contribution in [0.1, 0.15) is 11.4 Å². The first-order chi connectivity index (χ1) is 9.24. The molecular weight excluding hydrogens is 246 g/mol. The van der Waals surface area contributed by atoms with Gasteiger partial charge >= 0.3 is 0 Å². The molecule has 0 saturated heterocycles. The number of nitrogens with two attached hydrogens (primary N) is 1. The number of hydrogen-bond donors (Lipinski definition) is 2. The number of anilines is 1. The number of nitrogens with one attached hydrogen (secondary N) is 1. The fraction of sp³-hybridized carbons (Fsp3) is 0. The summed E-state index contributed by atoms with van der Waals surface area (Å²) in [6.07, 6.45) is 2.77. The number of aromatic amines is 1. The highest BCUT2D eigenvalue weighted by atomic mass is 15.2. The van der Waals surface area contributed by atoms with E-state index in [0.29, 0.717) is 17.0 Å². The number of fused-ring (bicyclic) bond motifs is 1. The average Bonchev–Trinajstić information content (AvgIpc) is 3.02. The molecule has 3 aromatic rings. The van der Waals surface area contributed by atoms with Gasteiger partial charge in [0.05, 0.1) is 6.33 Å². The third-order valence-corrected chi connectivity index (χ3v) is 2.49. The van der Waals surface area contributed by atoms with Crippen molar-refractivity contribution in [2.45, 2.75) is 0 Å². The Hall–Kier alpha value is -3.46. The van der Waals surface area contributed by atoms with E-state index in [1.54, 1.807) is 0 Å². The molecule has 0 spiro atoms. The van der Waals surface area contributed by atoms with Crippen molar-refractivity contribution in [1.29, 1.82) is 10.5 Å². The summed E-state index contributed by atoms with van der Waals surface area (Å²) in [5.41, 5.74) is 6.58. The summed E-state index contributed by atoms with van der Waals surface area (Å²) >= 11 is 0. The quantitative estimate of drug-likeness (QED) is 0.611. The highest BCUT2D eigenvalue weighted by Gasteiger charge is 2.17. The number of nitriles is 2. The molecule has 0 aliphatic heterocycles. The van der Waals surface area contributed by atoms with Crippen molar-refractivity contribution in [3.8, 4) is 18.0 Å². The first kappa shape index (κ1) is 10.7. The van der Waals surface area contributed by atoms with Crippen molar-refractivity contribution in [2.24, 2.45) is 0 Å². The predicted octanol–water partition coefficient (Wildman–Crippen LogP) is -0.136. The molecule has 9 heteroatoms. The largest absolute Gasteiger partial charge is 0.368 e. The first-order valence-corrected chi connectivity index (χ1v) is 5.09. The Labute approximate surface area is 106 Å². The summed E-state index contributed by atoms with van der Waals surface area (Å²) in [5, 5.41) is 18.0. The van der Waals surface area contributed by atoms with Gasteiger partial charge in [0.2, 0.25) is 5.95 Å². The zero-order valence-corrected chi connectivity index (χ0v) is 9.36. The number of rotatable bonds is 1. The SMILES string of the molecule is N#Cc1ncn(-c2nc(N)nc3nc[nH]c23)c1C#N. The molecular formula is C10H5N9. The Balaban J connectivity index is 2.37. The van der Waals surface area contributed by atoms with Gasteiger partial charge in [0.1, 0.15) is 24.0 Å². The minimum absolute atomic E-state index is 0.0192. The van der Waals surface area contributed by atoms with Gasteiger partial charge < -0.3 is 10.7 Å². The number of imidazole rings is 2. The van der Waals surface area contributed by atoms with Crippen LogP contribution in [0, 0.1) is 22.7 Å². The van der Waals surface area contributed by atoms with Crippen LogP contribution < -0.4 is 5.73 Å². The maximum Gasteiger partial charge on any atom is 0.224 e. The van der Waals surface area contributed by atoms with Crippen molar-refractivity contribution >= 4 is 17.1 Å². The standard InChI is InChI=1S/C10H5N9/c11-1-5-6(2-12)19(4-16-5)9-7-8(15-3-14-7)17-10(13)18-9/h3-4H,(H3,13,14,15,17,18). The maximum absolute atomic E-state index is 9.11. The molecule has 0 amide bonds. The second-order valence-corrected chi connectivity index (χ2v) is 3.54. The van der Waals surface area contributed by atoms with E-state index < -0.39 is 0 Å². The van der Waals surface area contributed by atoms with Crippen molar-refractivity contribution in [1.82, 2.24) is 29.5 Å². The van der Waals surface area contributed by atoms with Gasteiger partial charge in [-0.25, -0.2) is 9.97 Å². The molecule has 0 aliphatic rings. The normalized spacial score (nSPS) is 10.2. The minimum Gasteiger partial charge on any atom is -0.368 e. The molecule has 3 N–H and O–H groups in total. The fourth-order valence-corrected chi connectivity index (χ4v) is 1.71. The third kappa shape index (κ3) is 1.46. The van der Waals surface area contributed by atoms with Crippen molar-refractivity contribution in [2.75, 3.05) is 5.73 Å². The summed E-state index contributed by atoms with van der Waals surface area (Å²) in [4.78, 5) is 18.7. The van der Waals surface area contributed by atoms with E-state index in [1.807, 2.05) is 12.1 Å². The molecule has 0 aromatic carbocycles. The Bertz CT molecular complexity index is 857. The summed E-state index contributed by atoms with van der Waals surface area (Å²) in [6.45, 7) is 0. The van der Waals surface area contributed by atoms with Gasteiger partial charge in [0.15, 0.2) is 22.9 Å². The highest BCUT2D eigenvalue weighted by Crippen LogP contribution is 2.19. The van der Waals surface area contributed by atoms with E-state index in [-0.39, 0.29) is 17.3 Å². The van der Waals surface area contributed by atoms with Gasteiger partial charge in [-0.15, -0.1) is 0 Å². The van der Waals surface area contributed by atoms with Crippen LogP contribution in [0.4, 0.5) is 5.95 Å². The van der Waals surface area contributed by atoms with Gasteiger partial charge in [-0.1, -0.05) is 0 Å². The lowest BCUT2D eigenvalue weighted by Gasteiger charge is -2.04. The Kier molecular flexibility index (Phi) is 2.13. The number of nitrogen functional groups attached to an aromatic ring is 1. The van der Waals surface area contributed by atoms with Crippen LogP contribution in [-0.4, -0.2) is 29.5 Å². The van der Waals surface area contributed by atoms with Gasteiger partial charge in [0, 0.05) is 0 Å². The average molecular weight is 251 g/mol. The topological polar surface area (TPSA) is 146 Å². The molecule has 3 heterocycles. The summed E-state index contributed by atoms with van der Waals surface area (Å²) in [5.74, 6) is 0.344. The van der Waals surface area contributed by atoms with Gasteiger partial charge in [-0.2, -0.15) is 20.5 Å². The van der Waals surface area contributed by atoms with E-state index in [4.69, 9.17) is 16.3 Å². The lowest BCUT2D eigenvalue weighted by Crippen LogP contribution is -2.05. The minimum atomic E-state index is 0.0192. The Morgan fingerprint density at radius 1 is 1.21 bits per heavy atom. The van der Waals surface area contributed by atoms with Crippen molar-refractivity contribution in [3.05, 3.63) is 24.0 Å². The van der Waals surface area contributed by atoms with Crippen LogP contribution in [0.2, 0.25) is 0 Å². The van der Waals surface area contributed by atoms with E-state index in [9.17, 15) is 0 Å². The van der Waals surface area contributed by atoms with E-state index >= 15 is 0 Å². The first-order valence-electron chi connectivity index (χ1n) is 5.09. The van der Waals surface area contributed by atoms with Gasteiger partial charge in [-0.05, 0) is 0 Å². The van der Waals surface area contributed by atoms with Gasteiger partial charge in [0.25, 0.3) is 0 Å². The van der Waals surface area contributed by atoms with Crippen LogP contribution in [0.3, 0.4) is 0 Å². The molecule has 0 unspecified atom stereocenters. The predicted molar refractivity (Wildman–Crippen MR) is 62.6 cm³/mol. The Morgan fingerprint density at radius 3 is 2.79 bits per heavy atom. The number of nitrogens with zero attached hydrogens (tertiary/aromatic N) is 7. The molecule has 3 aromatic heterocycles. The van der Waals surface area contributed by atoms with Crippen molar-refractivity contribution in [3.63, 3.8) is 0 Å². The van der Waals surface area contributed by atoms with E-state index in [2.05, 4.69) is 24.9 Å². The highest BCUT2D eigenvalue weighted by molar-refractivity contribution is 5.79.